The summed E-state index contributed by atoms with van der Waals surface area (Å²) in [6.45, 7) is 4.38. The van der Waals surface area contributed by atoms with Gasteiger partial charge in [0, 0.05) is 24.3 Å². The Kier molecular flexibility index (Phi) is 9.13. The summed E-state index contributed by atoms with van der Waals surface area (Å²) in [5.74, 6) is -5.39. The average molecular weight is 583 g/mol. The van der Waals surface area contributed by atoms with E-state index in [2.05, 4.69) is 10.6 Å². The van der Waals surface area contributed by atoms with E-state index in [1.807, 2.05) is 13.8 Å². The highest BCUT2D eigenvalue weighted by molar-refractivity contribution is 5.95. The minimum absolute atomic E-state index is 0.0211. The van der Waals surface area contributed by atoms with E-state index in [0.717, 1.165) is 17.7 Å². The first kappa shape index (κ1) is 30.5. The van der Waals surface area contributed by atoms with Crippen molar-refractivity contribution in [1.82, 2.24) is 15.1 Å². The van der Waals surface area contributed by atoms with Gasteiger partial charge < -0.3 is 30.6 Å². The summed E-state index contributed by atoms with van der Waals surface area (Å²) >= 11 is 0. The SMILES string of the molecule is CC1(C)CCCN(C(=O)C2CC(C(=O)O)C(c3ccccc3F)N2C(=O)CNC(=O)Nc2cccc(CC(=O)O)c2)C1. The molecule has 42 heavy (non-hydrogen) atoms. The van der Waals surface area contributed by atoms with Crippen LogP contribution in [0.1, 0.15) is 50.3 Å². The Balaban J connectivity index is 1.58. The highest BCUT2D eigenvalue weighted by atomic mass is 19.1. The average Bonchev–Trinajstić information content (AvgIpc) is 3.32. The maximum absolute atomic E-state index is 15.0. The van der Waals surface area contributed by atoms with Gasteiger partial charge in [-0.1, -0.05) is 44.2 Å². The molecule has 2 heterocycles. The summed E-state index contributed by atoms with van der Waals surface area (Å²) in [5, 5.41) is 24.0. The van der Waals surface area contributed by atoms with Crippen LogP contribution in [0.15, 0.2) is 48.5 Å². The Hall–Kier alpha value is -4.48. The first-order chi connectivity index (χ1) is 19.9. The molecule has 2 aromatic carbocycles. The molecule has 0 radical (unpaired) electrons. The van der Waals surface area contributed by atoms with Gasteiger partial charge in [0.15, 0.2) is 0 Å². The summed E-state index contributed by atoms with van der Waals surface area (Å²) in [6.07, 6.45) is 1.24. The molecule has 2 fully saturated rings. The molecule has 4 rings (SSSR count). The molecule has 0 saturated carbocycles. The fourth-order valence-electron chi connectivity index (χ4n) is 5.92. The van der Waals surface area contributed by atoms with E-state index in [4.69, 9.17) is 5.11 Å². The third-order valence-corrected chi connectivity index (χ3v) is 7.76. The van der Waals surface area contributed by atoms with Gasteiger partial charge in [-0.2, -0.15) is 0 Å². The van der Waals surface area contributed by atoms with Crippen LogP contribution in [-0.4, -0.2) is 75.5 Å². The van der Waals surface area contributed by atoms with Crippen LogP contribution in [-0.2, 0) is 25.6 Å². The highest BCUT2D eigenvalue weighted by Gasteiger charge is 2.52. The number of carboxylic acids is 2. The van der Waals surface area contributed by atoms with Gasteiger partial charge in [0.05, 0.1) is 24.9 Å². The molecular weight excluding hydrogens is 547 g/mol. The van der Waals surface area contributed by atoms with E-state index in [1.165, 1.54) is 30.3 Å². The molecule has 2 aliphatic rings. The van der Waals surface area contributed by atoms with Crippen molar-refractivity contribution < 1.29 is 38.6 Å². The van der Waals surface area contributed by atoms with E-state index >= 15 is 4.39 Å². The molecule has 2 aromatic rings. The monoisotopic (exact) mass is 582 g/mol. The van der Waals surface area contributed by atoms with E-state index in [9.17, 15) is 29.1 Å². The summed E-state index contributed by atoms with van der Waals surface area (Å²) in [7, 11) is 0. The van der Waals surface area contributed by atoms with Crippen LogP contribution in [0.3, 0.4) is 0 Å². The fourth-order valence-corrected chi connectivity index (χ4v) is 5.92. The molecule has 0 aromatic heterocycles. The summed E-state index contributed by atoms with van der Waals surface area (Å²) in [5.41, 5.74) is 0.589. The number of aliphatic carboxylic acids is 2. The lowest BCUT2D eigenvalue weighted by atomic mass is 9.84. The van der Waals surface area contributed by atoms with Gasteiger partial charge in [0.1, 0.15) is 11.9 Å². The maximum atomic E-state index is 15.0. The quantitative estimate of drug-likeness (QED) is 0.372. The lowest BCUT2D eigenvalue weighted by Gasteiger charge is -2.40. The molecule has 3 atom stereocenters. The lowest BCUT2D eigenvalue weighted by Crippen LogP contribution is -2.54. The predicted molar refractivity (Wildman–Crippen MR) is 150 cm³/mol. The van der Waals surface area contributed by atoms with Crippen LogP contribution in [0.4, 0.5) is 14.9 Å². The van der Waals surface area contributed by atoms with Crippen LogP contribution < -0.4 is 10.6 Å². The number of anilines is 1. The van der Waals surface area contributed by atoms with Gasteiger partial charge in [-0.3, -0.25) is 19.2 Å². The molecule has 0 bridgehead atoms. The number of hydrogen-bond acceptors (Lipinski definition) is 5. The van der Waals surface area contributed by atoms with E-state index in [1.54, 1.807) is 23.1 Å². The van der Waals surface area contributed by atoms with Gasteiger partial charge in [-0.05, 0) is 48.4 Å². The van der Waals surface area contributed by atoms with Crippen molar-refractivity contribution in [1.29, 1.82) is 0 Å². The largest absolute Gasteiger partial charge is 0.481 e. The number of amides is 4. The Morgan fingerprint density at radius 1 is 1.05 bits per heavy atom. The maximum Gasteiger partial charge on any atom is 0.319 e. The van der Waals surface area contributed by atoms with Crippen molar-refractivity contribution in [2.75, 3.05) is 25.0 Å². The second-order valence-electron chi connectivity index (χ2n) is 11.6. The first-order valence-electron chi connectivity index (χ1n) is 13.8. The van der Waals surface area contributed by atoms with Crippen molar-refractivity contribution in [2.24, 2.45) is 11.3 Å². The number of carbonyl (C=O) groups is 5. The fraction of sp³-hybridized carbons (Fsp3) is 0.433. The molecular formula is C30H35FN4O7. The number of halogens is 1. The molecule has 0 spiro atoms. The normalized spacial score (nSPS) is 21.5. The molecule has 4 amide bonds. The zero-order valence-electron chi connectivity index (χ0n) is 23.5. The molecule has 3 unspecified atom stereocenters. The number of urea groups is 1. The zero-order chi connectivity index (χ0) is 30.6. The number of nitrogens with zero attached hydrogens (tertiary/aromatic N) is 2. The number of hydrogen-bond donors (Lipinski definition) is 4. The van der Waals surface area contributed by atoms with E-state index in [-0.39, 0.29) is 23.8 Å². The molecule has 0 aliphatic carbocycles. The van der Waals surface area contributed by atoms with E-state index in [0.29, 0.717) is 24.3 Å². The number of likely N-dealkylation sites (tertiary alicyclic amines) is 2. The predicted octanol–water partition coefficient (Wildman–Crippen LogP) is 3.27. The number of benzene rings is 2. The van der Waals surface area contributed by atoms with Crippen LogP contribution in [0.2, 0.25) is 0 Å². The van der Waals surface area contributed by atoms with Crippen LogP contribution in [0.25, 0.3) is 0 Å². The second kappa shape index (κ2) is 12.6. The van der Waals surface area contributed by atoms with Gasteiger partial charge in [0.2, 0.25) is 11.8 Å². The number of nitrogens with one attached hydrogen (secondary N) is 2. The topological polar surface area (TPSA) is 156 Å². The van der Waals surface area contributed by atoms with Crippen LogP contribution in [0.5, 0.6) is 0 Å². The Morgan fingerprint density at radius 2 is 1.79 bits per heavy atom. The highest BCUT2D eigenvalue weighted by Crippen LogP contribution is 2.43. The lowest BCUT2D eigenvalue weighted by molar-refractivity contribution is -0.147. The zero-order valence-corrected chi connectivity index (χ0v) is 23.5. The van der Waals surface area contributed by atoms with Gasteiger partial charge in [-0.25, -0.2) is 9.18 Å². The minimum Gasteiger partial charge on any atom is -0.481 e. The third-order valence-electron chi connectivity index (χ3n) is 7.76. The Bertz CT molecular complexity index is 1380. The van der Waals surface area contributed by atoms with Crippen molar-refractivity contribution in [2.45, 2.75) is 51.6 Å². The summed E-state index contributed by atoms with van der Waals surface area (Å²) in [4.78, 5) is 66.3. The minimum atomic E-state index is -1.26. The molecule has 2 saturated heterocycles. The number of carboxylic acid groups (broad SMARTS) is 2. The van der Waals surface area contributed by atoms with Crippen molar-refractivity contribution in [3.8, 4) is 0 Å². The number of piperidine rings is 1. The number of rotatable bonds is 8. The van der Waals surface area contributed by atoms with Gasteiger partial charge in [0.25, 0.3) is 0 Å². The standard InChI is InChI=1S/C30H35FN4O7/c1-30(2)11-6-12-34(17-30)27(39)23-15-21(28(40)41)26(20-9-3-4-10-22(20)31)35(23)24(36)16-32-29(42)33-19-8-5-7-18(13-19)14-25(37)38/h3-5,7-10,13,21,23,26H,6,11-12,14-17H2,1-2H3,(H,37,38)(H,40,41)(H2,32,33,42). The molecule has 224 valence electrons. The van der Waals surface area contributed by atoms with Gasteiger partial charge >= 0.3 is 18.0 Å². The Morgan fingerprint density at radius 3 is 2.45 bits per heavy atom. The first-order valence-corrected chi connectivity index (χ1v) is 13.8. The van der Waals surface area contributed by atoms with Gasteiger partial charge in [-0.15, -0.1) is 0 Å². The molecule has 11 nitrogen and oxygen atoms in total. The second-order valence-corrected chi connectivity index (χ2v) is 11.6. The van der Waals surface area contributed by atoms with Crippen molar-refractivity contribution >= 4 is 35.5 Å². The van der Waals surface area contributed by atoms with Crippen molar-refractivity contribution in [3.05, 3.63) is 65.5 Å². The molecule has 2 aliphatic heterocycles. The molecule has 12 heteroatoms. The van der Waals surface area contributed by atoms with E-state index < -0.39 is 60.1 Å². The van der Waals surface area contributed by atoms with Crippen LogP contribution >= 0.6 is 0 Å². The van der Waals surface area contributed by atoms with Crippen molar-refractivity contribution in [3.63, 3.8) is 0 Å². The smallest absolute Gasteiger partial charge is 0.319 e. The Labute approximate surface area is 242 Å². The number of carbonyl (C=O) groups excluding carboxylic acids is 3. The molecule has 4 N–H and O–H groups in total. The van der Waals surface area contributed by atoms with Crippen LogP contribution in [0, 0.1) is 17.2 Å². The third kappa shape index (κ3) is 7.04. The summed E-state index contributed by atoms with van der Waals surface area (Å²) in [6, 6.07) is 8.56. The summed E-state index contributed by atoms with van der Waals surface area (Å²) < 4.78 is 15.0.